The second-order valence-corrected chi connectivity index (χ2v) is 6.11. The van der Waals surface area contributed by atoms with Gasteiger partial charge >= 0.3 is 0 Å². The van der Waals surface area contributed by atoms with Gasteiger partial charge in [-0.2, -0.15) is 5.10 Å². The molecule has 0 atom stereocenters. The van der Waals surface area contributed by atoms with Gasteiger partial charge in [0.15, 0.2) is 11.6 Å². The summed E-state index contributed by atoms with van der Waals surface area (Å²) in [4.78, 5) is 23.9. The van der Waals surface area contributed by atoms with Crippen LogP contribution in [0.15, 0.2) is 59.4 Å². The first-order valence-electron chi connectivity index (χ1n) is 8.01. The molecule has 27 heavy (non-hydrogen) atoms. The molecule has 8 heteroatoms. The average Bonchev–Trinajstić information content (AvgIpc) is 2.66. The number of amides is 1. The number of carbonyl (C=O) groups is 1. The van der Waals surface area contributed by atoms with Gasteiger partial charge in [0.1, 0.15) is 0 Å². The van der Waals surface area contributed by atoms with Crippen LogP contribution in [0.5, 0.6) is 0 Å². The van der Waals surface area contributed by atoms with Crippen molar-refractivity contribution in [3.63, 3.8) is 0 Å². The highest BCUT2D eigenvalue weighted by molar-refractivity contribution is 6.30. The third-order valence-corrected chi connectivity index (χ3v) is 4.05. The highest BCUT2D eigenvalue weighted by Crippen LogP contribution is 2.18. The lowest BCUT2D eigenvalue weighted by atomic mass is 10.1. The van der Waals surface area contributed by atoms with Gasteiger partial charge in [-0.15, -0.1) is 0 Å². The SMILES string of the molecule is O=C(NCCn1nc(-c2ccc(Cl)cc2)ccc1=O)c1ccc(F)c(F)c1. The number of rotatable bonds is 5. The smallest absolute Gasteiger partial charge is 0.266 e. The molecule has 0 radical (unpaired) electrons. The summed E-state index contributed by atoms with van der Waals surface area (Å²) in [5, 5.41) is 7.40. The fourth-order valence-electron chi connectivity index (χ4n) is 2.40. The Balaban J connectivity index is 1.67. The summed E-state index contributed by atoms with van der Waals surface area (Å²) in [6.45, 7) is 0.213. The lowest BCUT2D eigenvalue weighted by Gasteiger charge is -2.09. The van der Waals surface area contributed by atoms with Gasteiger partial charge < -0.3 is 5.32 Å². The summed E-state index contributed by atoms with van der Waals surface area (Å²) in [6, 6.07) is 12.9. The van der Waals surface area contributed by atoms with E-state index < -0.39 is 17.5 Å². The van der Waals surface area contributed by atoms with Crippen LogP contribution >= 0.6 is 11.6 Å². The zero-order valence-corrected chi connectivity index (χ0v) is 14.7. The first kappa shape index (κ1) is 18.7. The van der Waals surface area contributed by atoms with Crippen LogP contribution < -0.4 is 10.9 Å². The van der Waals surface area contributed by atoms with Crippen molar-refractivity contribution in [3.05, 3.63) is 87.2 Å². The Morgan fingerprint density at radius 3 is 2.48 bits per heavy atom. The van der Waals surface area contributed by atoms with Gasteiger partial charge in [-0.05, 0) is 36.4 Å². The summed E-state index contributed by atoms with van der Waals surface area (Å²) in [6.07, 6.45) is 0. The van der Waals surface area contributed by atoms with Crippen LogP contribution in [-0.2, 0) is 6.54 Å². The Bertz CT molecular complexity index is 1040. The lowest BCUT2D eigenvalue weighted by molar-refractivity contribution is 0.0951. The van der Waals surface area contributed by atoms with Gasteiger partial charge in [0.25, 0.3) is 11.5 Å². The number of nitrogens with one attached hydrogen (secondary N) is 1. The first-order chi connectivity index (χ1) is 12.9. The van der Waals surface area contributed by atoms with Crippen LogP contribution in [0.3, 0.4) is 0 Å². The normalized spacial score (nSPS) is 10.6. The highest BCUT2D eigenvalue weighted by atomic mass is 35.5. The maximum absolute atomic E-state index is 13.2. The summed E-state index contributed by atoms with van der Waals surface area (Å²) in [5.41, 5.74) is 1.04. The van der Waals surface area contributed by atoms with Crippen LogP contribution in [0, 0.1) is 11.6 Å². The quantitative estimate of drug-likeness (QED) is 0.728. The molecule has 0 aliphatic carbocycles. The molecule has 0 aliphatic heterocycles. The number of aromatic nitrogens is 2. The molecule has 0 fully saturated rings. The molecule has 0 bridgehead atoms. The van der Waals surface area contributed by atoms with Gasteiger partial charge in [0.05, 0.1) is 12.2 Å². The van der Waals surface area contributed by atoms with Gasteiger partial charge in [-0.1, -0.05) is 23.7 Å². The van der Waals surface area contributed by atoms with E-state index in [-0.39, 0.29) is 24.2 Å². The van der Waals surface area contributed by atoms with E-state index in [1.54, 1.807) is 30.3 Å². The van der Waals surface area contributed by atoms with Crippen molar-refractivity contribution in [1.82, 2.24) is 15.1 Å². The van der Waals surface area contributed by atoms with Gasteiger partial charge in [-0.3, -0.25) is 9.59 Å². The summed E-state index contributed by atoms with van der Waals surface area (Å²) < 4.78 is 27.3. The summed E-state index contributed by atoms with van der Waals surface area (Å²) in [7, 11) is 0. The van der Waals surface area contributed by atoms with Crippen molar-refractivity contribution in [2.45, 2.75) is 6.54 Å². The topological polar surface area (TPSA) is 64.0 Å². The van der Waals surface area contributed by atoms with Crippen molar-refractivity contribution in [2.75, 3.05) is 6.54 Å². The molecule has 1 aromatic heterocycles. The number of nitrogens with zero attached hydrogens (tertiary/aromatic N) is 2. The maximum atomic E-state index is 13.2. The fourth-order valence-corrected chi connectivity index (χ4v) is 2.52. The van der Waals surface area contributed by atoms with E-state index in [2.05, 4.69) is 10.4 Å². The molecule has 3 aromatic rings. The number of hydrogen-bond donors (Lipinski definition) is 1. The number of benzene rings is 2. The van der Waals surface area contributed by atoms with Crippen molar-refractivity contribution in [2.24, 2.45) is 0 Å². The Morgan fingerprint density at radius 2 is 1.78 bits per heavy atom. The second-order valence-electron chi connectivity index (χ2n) is 5.67. The van der Waals surface area contributed by atoms with E-state index in [1.807, 2.05) is 0 Å². The Morgan fingerprint density at radius 1 is 1.04 bits per heavy atom. The van der Waals surface area contributed by atoms with E-state index >= 15 is 0 Å². The standard InChI is InChI=1S/C19H14ClF2N3O2/c20-14-4-1-12(2-5-14)17-7-8-18(26)25(24-17)10-9-23-19(27)13-3-6-15(21)16(22)11-13/h1-8,11H,9-10H2,(H,23,27). The minimum atomic E-state index is -1.10. The molecular formula is C19H14ClF2N3O2. The van der Waals surface area contributed by atoms with Crippen LogP contribution in [-0.4, -0.2) is 22.2 Å². The zero-order valence-electron chi connectivity index (χ0n) is 14.0. The predicted molar refractivity (Wildman–Crippen MR) is 97.6 cm³/mol. The Labute approximate surface area is 158 Å². The Kier molecular flexibility index (Phi) is 5.61. The van der Waals surface area contributed by atoms with Crippen LogP contribution in [0.25, 0.3) is 11.3 Å². The summed E-state index contributed by atoms with van der Waals surface area (Å²) >= 11 is 5.86. The molecule has 5 nitrogen and oxygen atoms in total. The molecule has 0 saturated carbocycles. The van der Waals surface area contributed by atoms with Gasteiger partial charge in [0, 0.05) is 28.8 Å². The highest BCUT2D eigenvalue weighted by Gasteiger charge is 2.10. The molecule has 138 valence electrons. The van der Waals surface area contributed by atoms with E-state index in [9.17, 15) is 18.4 Å². The monoisotopic (exact) mass is 389 g/mol. The third kappa shape index (κ3) is 4.57. The summed E-state index contributed by atoms with van der Waals surface area (Å²) in [5.74, 6) is -2.70. The van der Waals surface area contributed by atoms with Gasteiger partial charge in [-0.25, -0.2) is 13.5 Å². The van der Waals surface area contributed by atoms with Crippen LogP contribution in [0.2, 0.25) is 5.02 Å². The van der Waals surface area contributed by atoms with Crippen molar-refractivity contribution < 1.29 is 13.6 Å². The molecule has 0 spiro atoms. The molecule has 0 unspecified atom stereocenters. The molecule has 1 amide bonds. The van der Waals surface area contributed by atoms with E-state index in [0.717, 1.165) is 17.7 Å². The number of carbonyl (C=O) groups excluding carboxylic acids is 1. The molecule has 1 N–H and O–H groups in total. The van der Waals surface area contributed by atoms with Crippen molar-refractivity contribution in [3.8, 4) is 11.3 Å². The number of hydrogen-bond acceptors (Lipinski definition) is 3. The maximum Gasteiger partial charge on any atom is 0.266 e. The van der Waals surface area contributed by atoms with Crippen LogP contribution in [0.4, 0.5) is 8.78 Å². The van der Waals surface area contributed by atoms with Crippen LogP contribution in [0.1, 0.15) is 10.4 Å². The van der Waals surface area contributed by atoms with E-state index in [1.165, 1.54) is 16.8 Å². The second kappa shape index (κ2) is 8.09. The first-order valence-corrected chi connectivity index (χ1v) is 8.39. The largest absolute Gasteiger partial charge is 0.350 e. The molecule has 3 rings (SSSR count). The average molecular weight is 390 g/mol. The molecule has 2 aromatic carbocycles. The van der Waals surface area contributed by atoms with E-state index in [0.29, 0.717) is 10.7 Å². The van der Waals surface area contributed by atoms with E-state index in [4.69, 9.17) is 11.6 Å². The Hall–Kier alpha value is -3.06. The number of halogens is 3. The third-order valence-electron chi connectivity index (χ3n) is 3.80. The van der Waals surface area contributed by atoms with Crippen molar-refractivity contribution in [1.29, 1.82) is 0 Å². The van der Waals surface area contributed by atoms with Gasteiger partial charge in [0.2, 0.25) is 0 Å². The zero-order chi connectivity index (χ0) is 19.4. The van der Waals surface area contributed by atoms with Crippen molar-refractivity contribution >= 4 is 17.5 Å². The molecule has 1 heterocycles. The molecule has 0 saturated heterocycles. The lowest BCUT2D eigenvalue weighted by Crippen LogP contribution is -2.32. The molecular weight excluding hydrogens is 376 g/mol. The fraction of sp³-hybridized carbons (Fsp3) is 0.105. The minimum absolute atomic E-state index is 0.0101. The molecule has 0 aliphatic rings. The predicted octanol–water partition coefficient (Wildman–Crippen LogP) is 3.27. The minimum Gasteiger partial charge on any atom is -0.350 e.